The summed E-state index contributed by atoms with van der Waals surface area (Å²) < 4.78 is 45.5. The van der Waals surface area contributed by atoms with E-state index in [0.717, 1.165) is 6.42 Å². The molecule has 3 atom stereocenters. The van der Waals surface area contributed by atoms with Crippen LogP contribution in [0.3, 0.4) is 0 Å². The first-order chi connectivity index (χ1) is 12.3. The van der Waals surface area contributed by atoms with Crippen molar-refractivity contribution in [1.82, 2.24) is 0 Å². The molecule has 2 fully saturated rings. The van der Waals surface area contributed by atoms with Crippen molar-refractivity contribution in [2.75, 3.05) is 5.75 Å². The first kappa shape index (κ1) is 20.8. The van der Waals surface area contributed by atoms with E-state index in [1.807, 2.05) is 13.8 Å². The number of carbonyl (C=O) groups is 1. The number of hydrogen-bond donors (Lipinski definition) is 0. The molecule has 0 aliphatic heterocycles. The van der Waals surface area contributed by atoms with Crippen molar-refractivity contribution in [3.63, 3.8) is 0 Å². The van der Waals surface area contributed by atoms with Crippen LogP contribution < -0.4 is 5.30 Å². The van der Waals surface area contributed by atoms with Crippen LogP contribution in [0.2, 0.25) is 0 Å². The molecular weight excluding hydrogens is 383 g/mol. The van der Waals surface area contributed by atoms with E-state index < -0.39 is 33.8 Å². The van der Waals surface area contributed by atoms with E-state index in [1.54, 1.807) is 51.1 Å². The van der Waals surface area contributed by atoms with E-state index >= 15 is 0 Å². The van der Waals surface area contributed by atoms with Gasteiger partial charge in [-0.1, -0.05) is 52.8 Å². The van der Waals surface area contributed by atoms with Gasteiger partial charge in [0.15, 0.2) is 0 Å². The second kappa shape index (κ2) is 6.27. The molecule has 2 saturated carbocycles. The summed E-state index contributed by atoms with van der Waals surface area (Å²) in [5.74, 6) is -0.181. The fourth-order valence-corrected chi connectivity index (χ4v) is 10.1. The lowest BCUT2D eigenvalue weighted by molar-refractivity contribution is -0.128. The third-order valence-electron chi connectivity index (χ3n) is 6.76. The molecular formula is C20H29O5PS. The molecule has 2 aliphatic rings. The van der Waals surface area contributed by atoms with Crippen LogP contribution in [0.25, 0.3) is 0 Å². The lowest BCUT2D eigenvalue weighted by Gasteiger charge is -2.37. The molecule has 0 radical (unpaired) electrons. The lowest BCUT2D eigenvalue weighted by atomic mass is 9.70. The molecule has 3 rings (SSSR count). The van der Waals surface area contributed by atoms with Gasteiger partial charge in [0, 0.05) is 16.9 Å². The largest absolute Gasteiger partial charge is 0.299 e. The summed E-state index contributed by atoms with van der Waals surface area (Å²) in [5, 5.41) is -0.521. The van der Waals surface area contributed by atoms with Gasteiger partial charge in [0.1, 0.15) is 5.78 Å². The zero-order valence-corrected chi connectivity index (χ0v) is 18.4. The minimum atomic E-state index is -4.19. The summed E-state index contributed by atoms with van der Waals surface area (Å²) in [7, 11) is -7.91. The Morgan fingerprint density at radius 1 is 1.19 bits per heavy atom. The molecule has 7 heteroatoms. The molecule has 150 valence electrons. The predicted octanol–water partition coefficient (Wildman–Crippen LogP) is 4.13. The van der Waals surface area contributed by atoms with Crippen LogP contribution in [0.1, 0.15) is 53.9 Å². The van der Waals surface area contributed by atoms with E-state index in [2.05, 4.69) is 0 Å². The third-order valence-corrected chi connectivity index (χ3v) is 12.1. The topological polar surface area (TPSA) is 77.5 Å². The van der Waals surface area contributed by atoms with Crippen molar-refractivity contribution in [3.8, 4) is 0 Å². The highest BCUT2D eigenvalue weighted by Gasteiger charge is 2.66. The molecule has 0 unspecified atom stereocenters. The summed E-state index contributed by atoms with van der Waals surface area (Å²) in [6.07, 6.45) is 1.83. The maximum absolute atomic E-state index is 13.8. The van der Waals surface area contributed by atoms with Crippen LogP contribution in [-0.2, 0) is 23.4 Å². The normalized spacial score (nSPS) is 29.7. The Morgan fingerprint density at radius 3 is 2.22 bits per heavy atom. The van der Waals surface area contributed by atoms with Gasteiger partial charge in [0.25, 0.3) is 17.5 Å². The third kappa shape index (κ3) is 3.14. The van der Waals surface area contributed by atoms with Gasteiger partial charge in [0.2, 0.25) is 0 Å². The SMILES string of the molecule is CC1(C)[C@@H]2CC[C@@]1(CS(=O)(=O)O[P@](=O)(c1ccccc1)C(C)(C)C)C(=O)C2. The van der Waals surface area contributed by atoms with Crippen LogP contribution in [-0.4, -0.2) is 25.1 Å². The van der Waals surface area contributed by atoms with E-state index in [0.29, 0.717) is 18.1 Å². The fraction of sp³-hybridized carbons (Fsp3) is 0.650. The van der Waals surface area contributed by atoms with Gasteiger partial charge in [-0.3, -0.25) is 9.36 Å². The second-order valence-corrected chi connectivity index (χ2v) is 14.5. The number of ketones is 1. The zero-order chi connectivity index (χ0) is 20.3. The van der Waals surface area contributed by atoms with Crippen molar-refractivity contribution in [2.45, 2.75) is 59.0 Å². The Balaban J connectivity index is 1.98. The first-order valence-electron chi connectivity index (χ1n) is 9.38. The van der Waals surface area contributed by atoms with Gasteiger partial charge < -0.3 is 0 Å². The smallest absolute Gasteiger partial charge is 0.274 e. The van der Waals surface area contributed by atoms with Gasteiger partial charge in [-0.05, 0) is 36.3 Å². The quantitative estimate of drug-likeness (QED) is 0.680. The second-order valence-electron chi connectivity index (χ2n) is 9.50. The summed E-state index contributed by atoms with van der Waals surface area (Å²) in [6, 6.07) is 8.48. The van der Waals surface area contributed by atoms with Crippen molar-refractivity contribution in [1.29, 1.82) is 0 Å². The monoisotopic (exact) mass is 412 g/mol. The molecule has 2 aliphatic carbocycles. The van der Waals surface area contributed by atoms with Crippen molar-refractivity contribution in [2.24, 2.45) is 16.7 Å². The molecule has 0 amide bonds. The Kier molecular flexibility index (Phi) is 4.82. The van der Waals surface area contributed by atoms with Gasteiger partial charge >= 0.3 is 0 Å². The summed E-state index contributed by atoms with van der Waals surface area (Å²) >= 11 is 0. The predicted molar refractivity (Wildman–Crippen MR) is 107 cm³/mol. The lowest BCUT2D eigenvalue weighted by Crippen LogP contribution is -2.43. The highest BCUT2D eigenvalue weighted by molar-refractivity contribution is 7.93. The van der Waals surface area contributed by atoms with Crippen LogP contribution in [0.15, 0.2) is 30.3 Å². The van der Waals surface area contributed by atoms with Gasteiger partial charge in [-0.25, -0.2) is 3.97 Å². The fourth-order valence-electron chi connectivity index (χ4n) is 4.76. The number of benzene rings is 1. The molecule has 5 nitrogen and oxygen atoms in total. The molecule has 0 heterocycles. The van der Waals surface area contributed by atoms with Crippen LogP contribution in [0, 0.1) is 16.7 Å². The number of carbonyl (C=O) groups excluding carboxylic acids is 1. The summed E-state index contributed by atoms with van der Waals surface area (Å²) in [4.78, 5) is 12.7. The van der Waals surface area contributed by atoms with Gasteiger partial charge in [-0.15, -0.1) is 0 Å². The Bertz CT molecular complexity index is 898. The minimum absolute atomic E-state index is 0.00114. The summed E-state index contributed by atoms with van der Waals surface area (Å²) in [6.45, 7) is 9.10. The van der Waals surface area contributed by atoms with Crippen LogP contribution >= 0.6 is 7.37 Å². The zero-order valence-electron chi connectivity index (χ0n) is 16.7. The van der Waals surface area contributed by atoms with Crippen molar-refractivity contribution >= 4 is 28.6 Å². The maximum atomic E-state index is 13.8. The molecule has 0 aromatic heterocycles. The Morgan fingerprint density at radius 2 is 1.78 bits per heavy atom. The molecule has 2 bridgehead atoms. The number of Topliss-reactive ketones (excluding diaryl/α,β-unsaturated/α-hetero) is 1. The molecule has 1 aromatic carbocycles. The average molecular weight is 412 g/mol. The van der Waals surface area contributed by atoms with Crippen LogP contribution in [0.5, 0.6) is 0 Å². The molecule has 0 saturated heterocycles. The first-order valence-corrected chi connectivity index (χ1v) is 12.6. The highest BCUT2D eigenvalue weighted by atomic mass is 32.2. The molecule has 0 N–H and O–H groups in total. The molecule has 1 aromatic rings. The minimum Gasteiger partial charge on any atom is -0.299 e. The standard InChI is InChI=1S/C20H29O5PS/c1-18(2,3)26(22,16-9-7-6-8-10-16)25-27(23,24)14-20-12-11-15(13-17(20)21)19(20,4)5/h6-10,15H,11-14H2,1-5H3/t15-,20-,26-/m1/s1. The Labute approximate surface area is 162 Å². The Hall–Kier alpha value is -0.970. The average Bonchev–Trinajstić information content (AvgIpc) is 2.88. The highest BCUT2D eigenvalue weighted by Crippen LogP contribution is 2.65. The van der Waals surface area contributed by atoms with Crippen molar-refractivity contribution < 1.29 is 21.7 Å². The van der Waals surface area contributed by atoms with E-state index in [-0.39, 0.29) is 17.1 Å². The number of hydrogen-bond acceptors (Lipinski definition) is 5. The number of rotatable bonds is 5. The molecule has 27 heavy (non-hydrogen) atoms. The van der Waals surface area contributed by atoms with E-state index in [1.165, 1.54) is 0 Å². The van der Waals surface area contributed by atoms with E-state index in [4.69, 9.17) is 3.97 Å². The van der Waals surface area contributed by atoms with Gasteiger partial charge in [-0.2, -0.15) is 8.42 Å². The summed E-state index contributed by atoms with van der Waals surface area (Å²) in [5.41, 5.74) is -1.32. The maximum Gasteiger partial charge on any atom is 0.274 e. The van der Waals surface area contributed by atoms with Crippen molar-refractivity contribution in [3.05, 3.63) is 30.3 Å². The van der Waals surface area contributed by atoms with Gasteiger partial charge in [0.05, 0.1) is 11.2 Å². The van der Waals surface area contributed by atoms with E-state index in [9.17, 15) is 17.8 Å². The molecule has 0 spiro atoms. The van der Waals surface area contributed by atoms with Crippen LogP contribution in [0.4, 0.5) is 0 Å². The number of fused-ring (bicyclic) bond motifs is 2.